The second-order valence-electron chi connectivity index (χ2n) is 1.57. The van der Waals surface area contributed by atoms with Gasteiger partial charge in [-0.1, -0.05) is 0 Å². The van der Waals surface area contributed by atoms with Gasteiger partial charge in [0, 0.05) is 0 Å². The van der Waals surface area contributed by atoms with Crippen LogP contribution in [0.3, 0.4) is 0 Å². The van der Waals surface area contributed by atoms with Crippen LogP contribution in [0.4, 0.5) is 0 Å². The lowest BCUT2D eigenvalue weighted by Gasteiger charge is -1.98. The van der Waals surface area contributed by atoms with Gasteiger partial charge in [-0.2, -0.15) is 5.10 Å². The van der Waals surface area contributed by atoms with Gasteiger partial charge in [0.1, 0.15) is 12.4 Å². The molecule has 5 heteroatoms. The van der Waals surface area contributed by atoms with Crippen molar-refractivity contribution in [2.45, 2.75) is 6.10 Å². The maximum absolute atomic E-state index is 8.83. The standard InChI is InChI=1S/C4H7N3O2/c8-1-3(9)4-5-2-6-7-4/h2-3,8-9H,1H2,(H,5,6,7). The smallest absolute Gasteiger partial charge is 0.155 e. The molecule has 0 bridgehead atoms. The van der Waals surface area contributed by atoms with Crippen LogP contribution in [-0.4, -0.2) is 32.0 Å². The number of aromatic amines is 1. The molecule has 0 aliphatic heterocycles. The number of rotatable bonds is 2. The Hall–Kier alpha value is -0.940. The van der Waals surface area contributed by atoms with Gasteiger partial charge in [0.2, 0.25) is 0 Å². The second kappa shape index (κ2) is 2.56. The molecule has 1 aromatic rings. The summed E-state index contributed by atoms with van der Waals surface area (Å²) >= 11 is 0. The van der Waals surface area contributed by atoms with Crippen molar-refractivity contribution in [1.29, 1.82) is 0 Å². The lowest BCUT2D eigenvalue weighted by molar-refractivity contribution is 0.0889. The van der Waals surface area contributed by atoms with Gasteiger partial charge in [0.15, 0.2) is 5.82 Å². The Morgan fingerprint density at radius 2 is 2.56 bits per heavy atom. The highest BCUT2D eigenvalue weighted by molar-refractivity contribution is 4.85. The number of hydrogen-bond acceptors (Lipinski definition) is 4. The summed E-state index contributed by atoms with van der Waals surface area (Å²) in [5.74, 6) is 0.289. The van der Waals surface area contributed by atoms with Crippen LogP contribution in [-0.2, 0) is 0 Å². The van der Waals surface area contributed by atoms with Crippen molar-refractivity contribution in [2.24, 2.45) is 0 Å². The third-order valence-electron chi connectivity index (χ3n) is 0.922. The number of aliphatic hydroxyl groups excluding tert-OH is 2. The maximum Gasteiger partial charge on any atom is 0.155 e. The molecule has 1 heterocycles. The Morgan fingerprint density at radius 3 is 3.00 bits per heavy atom. The van der Waals surface area contributed by atoms with Crippen molar-refractivity contribution in [3.05, 3.63) is 12.2 Å². The minimum Gasteiger partial charge on any atom is -0.393 e. The maximum atomic E-state index is 8.83. The Labute approximate surface area is 51.4 Å². The molecule has 0 spiro atoms. The zero-order valence-corrected chi connectivity index (χ0v) is 4.65. The van der Waals surface area contributed by atoms with Crippen LogP contribution < -0.4 is 0 Å². The average Bonchev–Trinajstić information content (AvgIpc) is 2.37. The molecule has 0 radical (unpaired) electrons. The van der Waals surface area contributed by atoms with Crippen LogP contribution >= 0.6 is 0 Å². The first-order valence-electron chi connectivity index (χ1n) is 2.48. The van der Waals surface area contributed by atoms with Crippen LogP contribution in [0.1, 0.15) is 11.9 Å². The molecule has 0 amide bonds. The van der Waals surface area contributed by atoms with Crippen molar-refractivity contribution in [3.63, 3.8) is 0 Å². The highest BCUT2D eigenvalue weighted by Crippen LogP contribution is 2.01. The largest absolute Gasteiger partial charge is 0.393 e. The second-order valence-corrected chi connectivity index (χ2v) is 1.57. The summed E-state index contributed by atoms with van der Waals surface area (Å²) in [5, 5.41) is 23.1. The SMILES string of the molecule is OCC(O)c1ncn[nH]1. The van der Waals surface area contributed by atoms with Gasteiger partial charge in [-0.15, -0.1) is 0 Å². The van der Waals surface area contributed by atoms with Crippen LogP contribution in [0.2, 0.25) is 0 Å². The summed E-state index contributed by atoms with van der Waals surface area (Å²) in [7, 11) is 0. The monoisotopic (exact) mass is 129 g/mol. The summed E-state index contributed by atoms with van der Waals surface area (Å²) in [4.78, 5) is 3.61. The normalized spacial score (nSPS) is 13.6. The van der Waals surface area contributed by atoms with Crippen LogP contribution in [0.15, 0.2) is 6.33 Å². The van der Waals surface area contributed by atoms with Gasteiger partial charge in [0.05, 0.1) is 6.61 Å². The summed E-state index contributed by atoms with van der Waals surface area (Å²) in [6.45, 7) is -0.338. The number of H-pyrrole nitrogens is 1. The van der Waals surface area contributed by atoms with Gasteiger partial charge in [-0.3, -0.25) is 5.10 Å². The van der Waals surface area contributed by atoms with E-state index in [1.807, 2.05) is 0 Å². The molecule has 0 saturated heterocycles. The molecule has 0 aliphatic rings. The number of nitrogens with zero attached hydrogens (tertiary/aromatic N) is 2. The van der Waals surface area contributed by atoms with E-state index >= 15 is 0 Å². The van der Waals surface area contributed by atoms with E-state index in [2.05, 4.69) is 15.2 Å². The van der Waals surface area contributed by atoms with Gasteiger partial charge >= 0.3 is 0 Å². The molecule has 1 atom stereocenters. The molecule has 0 fully saturated rings. The molecule has 1 aromatic heterocycles. The van der Waals surface area contributed by atoms with Gasteiger partial charge in [-0.25, -0.2) is 4.98 Å². The molecule has 1 rings (SSSR count). The minimum atomic E-state index is -0.938. The highest BCUT2D eigenvalue weighted by Gasteiger charge is 2.06. The number of hydrogen-bond donors (Lipinski definition) is 3. The lowest BCUT2D eigenvalue weighted by atomic mass is 10.4. The third kappa shape index (κ3) is 1.24. The van der Waals surface area contributed by atoms with E-state index in [1.54, 1.807) is 0 Å². The van der Waals surface area contributed by atoms with Crippen molar-refractivity contribution >= 4 is 0 Å². The van der Waals surface area contributed by atoms with E-state index in [4.69, 9.17) is 10.2 Å². The summed E-state index contributed by atoms with van der Waals surface area (Å²) in [5.41, 5.74) is 0. The molecule has 0 aromatic carbocycles. The molecule has 9 heavy (non-hydrogen) atoms. The van der Waals surface area contributed by atoms with E-state index < -0.39 is 6.10 Å². The van der Waals surface area contributed by atoms with Crippen LogP contribution in [0, 0.1) is 0 Å². The Bertz CT molecular complexity index is 162. The fourth-order valence-corrected chi connectivity index (χ4v) is 0.462. The predicted octanol–water partition coefficient (Wildman–Crippen LogP) is -1.17. The van der Waals surface area contributed by atoms with E-state index in [0.29, 0.717) is 0 Å². The van der Waals surface area contributed by atoms with E-state index in [0.717, 1.165) is 0 Å². The average molecular weight is 129 g/mol. The first-order valence-corrected chi connectivity index (χ1v) is 2.48. The molecule has 0 aliphatic carbocycles. The van der Waals surface area contributed by atoms with Crippen molar-refractivity contribution in [1.82, 2.24) is 15.2 Å². The van der Waals surface area contributed by atoms with Crippen LogP contribution in [0.25, 0.3) is 0 Å². The van der Waals surface area contributed by atoms with Gasteiger partial charge in [-0.05, 0) is 0 Å². The molecule has 1 unspecified atom stereocenters. The first-order chi connectivity index (χ1) is 4.34. The fourth-order valence-electron chi connectivity index (χ4n) is 0.462. The topological polar surface area (TPSA) is 82.0 Å². The molecular formula is C4H7N3O2. The Morgan fingerprint density at radius 1 is 1.78 bits per heavy atom. The van der Waals surface area contributed by atoms with Gasteiger partial charge < -0.3 is 10.2 Å². The Kier molecular flexibility index (Phi) is 1.76. The highest BCUT2D eigenvalue weighted by atomic mass is 16.3. The zero-order valence-electron chi connectivity index (χ0n) is 4.65. The van der Waals surface area contributed by atoms with Gasteiger partial charge in [0.25, 0.3) is 0 Å². The summed E-state index contributed by atoms with van der Waals surface area (Å²) in [6.07, 6.45) is 0.335. The first kappa shape index (κ1) is 6.18. The molecule has 5 nitrogen and oxygen atoms in total. The number of aliphatic hydroxyl groups is 2. The molecule has 50 valence electrons. The number of aromatic nitrogens is 3. The molecule has 3 N–H and O–H groups in total. The van der Waals surface area contributed by atoms with Crippen molar-refractivity contribution < 1.29 is 10.2 Å². The molecular weight excluding hydrogens is 122 g/mol. The zero-order chi connectivity index (χ0) is 6.69. The third-order valence-corrected chi connectivity index (χ3v) is 0.922. The number of nitrogens with one attached hydrogen (secondary N) is 1. The van der Waals surface area contributed by atoms with Crippen molar-refractivity contribution in [2.75, 3.05) is 6.61 Å². The Balaban J connectivity index is 2.65. The van der Waals surface area contributed by atoms with Crippen LogP contribution in [0.5, 0.6) is 0 Å². The predicted molar refractivity (Wildman–Crippen MR) is 28.4 cm³/mol. The van der Waals surface area contributed by atoms with E-state index in [1.165, 1.54) is 6.33 Å². The summed E-state index contributed by atoms with van der Waals surface area (Å²) < 4.78 is 0. The lowest BCUT2D eigenvalue weighted by Crippen LogP contribution is -2.04. The van der Waals surface area contributed by atoms with E-state index in [-0.39, 0.29) is 12.4 Å². The minimum absolute atomic E-state index is 0.289. The summed E-state index contributed by atoms with van der Waals surface area (Å²) in [6, 6.07) is 0. The quantitative estimate of drug-likeness (QED) is 0.470. The molecule has 0 saturated carbocycles. The fraction of sp³-hybridized carbons (Fsp3) is 0.500. The van der Waals surface area contributed by atoms with E-state index in [9.17, 15) is 0 Å². The van der Waals surface area contributed by atoms with Crippen molar-refractivity contribution in [3.8, 4) is 0 Å².